The molecule has 0 radical (unpaired) electrons. The van der Waals surface area contributed by atoms with Crippen LogP contribution in [0.15, 0.2) is 0 Å². The molecule has 4 heteroatoms. The standard InChI is InChI=1S/C10H21NO2Si/c1-10(2,3)8-6-7-11(9(8)12)13-14(4)5/h8,14H,6-7H2,1-5H3. The molecular weight excluding hydrogens is 194 g/mol. The van der Waals surface area contributed by atoms with Gasteiger partial charge < -0.3 is 4.53 Å². The lowest BCUT2D eigenvalue weighted by Gasteiger charge is -2.26. The molecule has 1 saturated heterocycles. The van der Waals surface area contributed by atoms with Gasteiger partial charge in [-0.05, 0) is 24.9 Å². The zero-order chi connectivity index (χ0) is 10.9. The molecule has 0 aromatic rings. The molecule has 1 atom stereocenters. The molecule has 1 amide bonds. The minimum atomic E-state index is -1.14. The molecule has 0 saturated carbocycles. The first-order valence-corrected chi connectivity index (χ1v) is 8.08. The fourth-order valence-corrected chi connectivity index (χ4v) is 2.53. The molecule has 1 aliphatic rings. The van der Waals surface area contributed by atoms with Crippen LogP contribution in [0.1, 0.15) is 27.2 Å². The first-order valence-electron chi connectivity index (χ1n) is 5.30. The highest BCUT2D eigenvalue weighted by Gasteiger charge is 2.40. The number of hydroxylamine groups is 2. The van der Waals surface area contributed by atoms with Crippen molar-refractivity contribution in [2.75, 3.05) is 6.54 Å². The molecule has 0 aliphatic carbocycles. The highest BCUT2D eigenvalue weighted by Crippen LogP contribution is 2.34. The number of carbonyl (C=O) groups excluding carboxylic acids is 1. The molecule has 3 nitrogen and oxygen atoms in total. The van der Waals surface area contributed by atoms with Gasteiger partial charge in [-0.1, -0.05) is 20.8 Å². The van der Waals surface area contributed by atoms with Crippen LogP contribution in [0.5, 0.6) is 0 Å². The van der Waals surface area contributed by atoms with Gasteiger partial charge in [0.15, 0.2) is 0 Å². The van der Waals surface area contributed by atoms with Crippen LogP contribution in [0.3, 0.4) is 0 Å². The Hall–Kier alpha value is -0.353. The number of carbonyl (C=O) groups is 1. The van der Waals surface area contributed by atoms with Crippen LogP contribution in [0.4, 0.5) is 0 Å². The molecule has 1 rings (SSSR count). The minimum absolute atomic E-state index is 0.0632. The van der Waals surface area contributed by atoms with E-state index >= 15 is 0 Å². The van der Waals surface area contributed by atoms with Crippen molar-refractivity contribution >= 4 is 14.9 Å². The molecule has 0 aromatic heterocycles. The number of hydrogen-bond acceptors (Lipinski definition) is 2. The topological polar surface area (TPSA) is 29.5 Å². The average Bonchev–Trinajstić information content (AvgIpc) is 2.30. The number of rotatable bonds is 2. The van der Waals surface area contributed by atoms with Crippen LogP contribution in [0.2, 0.25) is 13.1 Å². The summed E-state index contributed by atoms with van der Waals surface area (Å²) in [6.45, 7) is 11.3. The van der Waals surface area contributed by atoms with E-state index in [1.54, 1.807) is 5.06 Å². The molecular formula is C10H21NO2Si. The van der Waals surface area contributed by atoms with Crippen LogP contribution in [0, 0.1) is 11.3 Å². The highest BCUT2D eigenvalue weighted by atomic mass is 28.3. The van der Waals surface area contributed by atoms with Crippen molar-refractivity contribution in [3.63, 3.8) is 0 Å². The van der Waals surface area contributed by atoms with Crippen molar-refractivity contribution in [3.8, 4) is 0 Å². The van der Waals surface area contributed by atoms with E-state index in [1.807, 2.05) is 0 Å². The molecule has 0 spiro atoms. The van der Waals surface area contributed by atoms with Crippen LogP contribution >= 0.6 is 0 Å². The average molecular weight is 215 g/mol. The van der Waals surface area contributed by atoms with E-state index < -0.39 is 9.04 Å². The van der Waals surface area contributed by atoms with E-state index in [9.17, 15) is 4.79 Å². The van der Waals surface area contributed by atoms with E-state index in [-0.39, 0.29) is 17.2 Å². The van der Waals surface area contributed by atoms with E-state index in [4.69, 9.17) is 4.53 Å². The van der Waals surface area contributed by atoms with Crippen LogP contribution in [-0.2, 0) is 9.32 Å². The molecule has 1 fully saturated rings. The maximum absolute atomic E-state index is 11.9. The van der Waals surface area contributed by atoms with Gasteiger partial charge in [0.05, 0.1) is 0 Å². The molecule has 82 valence electrons. The number of hydrogen-bond donors (Lipinski definition) is 0. The Morgan fingerprint density at radius 3 is 2.36 bits per heavy atom. The van der Waals surface area contributed by atoms with E-state index in [2.05, 4.69) is 33.9 Å². The Balaban J connectivity index is 2.60. The zero-order valence-corrected chi connectivity index (χ0v) is 11.0. The Bertz CT molecular complexity index is 223. The summed E-state index contributed by atoms with van der Waals surface area (Å²) in [6.07, 6.45) is 0.934. The summed E-state index contributed by atoms with van der Waals surface area (Å²) in [5.41, 5.74) is 0.0632. The largest absolute Gasteiger partial charge is 0.322 e. The van der Waals surface area contributed by atoms with Crippen LogP contribution < -0.4 is 0 Å². The van der Waals surface area contributed by atoms with Crippen molar-refractivity contribution in [1.82, 2.24) is 5.06 Å². The monoisotopic (exact) mass is 215 g/mol. The first kappa shape index (κ1) is 11.7. The van der Waals surface area contributed by atoms with Crippen molar-refractivity contribution in [2.45, 2.75) is 40.3 Å². The normalized spacial score (nSPS) is 23.7. The van der Waals surface area contributed by atoms with Gasteiger partial charge in [-0.2, -0.15) is 0 Å². The number of amides is 1. The van der Waals surface area contributed by atoms with Gasteiger partial charge in [0, 0.05) is 12.5 Å². The van der Waals surface area contributed by atoms with Gasteiger partial charge in [-0.15, -0.1) is 0 Å². The fourth-order valence-electron chi connectivity index (χ4n) is 1.82. The maximum atomic E-state index is 11.9. The second-order valence-electron chi connectivity index (χ2n) is 5.30. The number of nitrogens with zero attached hydrogens (tertiary/aromatic N) is 1. The van der Waals surface area contributed by atoms with Gasteiger partial charge >= 0.3 is 0 Å². The van der Waals surface area contributed by atoms with E-state index in [0.717, 1.165) is 13.0 Å². The fraction of sp³-hybridized carbons (Fsp3) is 0.900. The van der Waals surface area contributed by atoms with Gasteiger partial charge in [-0.25, -0.2) is 5.06 Å². The summed E-state index contributed by atoms with van der Waals surface area (Å²) in [6, 6.07) is 0. The molecule has 1 heterocycles. The third-order valence-corrected chi connectivity index (χ3v) is 3.22. The zero-order valence-electron chi connectivity index (χ0n) is 9.83. The lowest BCUT2D eigenvalue weighted by Crippen LogP contribution is -2.35. The highest BCUT2D eigenvalue weighted by molar-refractivity contribution is 6.48. The second-order valence-corrected chi connectivity index (χ2v) is 7.61. The SMILES string of the molecule is C[SiH](C)ON1CCC(C(C)(C)C)C1=O. The molecule has 1 aliphatic heterocycles. The molecule has 0 aromatic carbocycles. The van der Waals surface area contributed by atoms with E-state index in [0.29, 0.717) is 0 Å². The molecule has 0 bridgehead atoms. The van der Waals surface area contributed by atoms with Gasteiger partial charge in [0.1, 0.15) is 0 Å². The lowest BCUT2D eigenvalue weighted by molar-refractivity contribution is -0.156. The predicted octanol–water partition coefficient (Wildman–Crippen LogP) is 1.80. The predicted molar refractivity (Wildman–Crippen MR) is 59.2 cm³/mol. The van der Waals surface area contributed by atoms with Crippen molar-refractivity contribution < 1.29 is 9.32 Å². The van der Waals surface area contributed by atoms with Crippen LogP contribution in [-0.4, -0.2) is 26.6 Å². The lowest BCUT2D eigenvalue weighted by atomic mass is 9.80. The van der Waals surface area contributed by atoms with Gasteiger partial charge in [0.25, 0.3) is 0 Å². The third-order valence-electron chi connectivity index (χ3n) is 2.55. The Kier molecular flexibility index (Phi) is 3.37. The van der Waals surface area contributed by atoms with Crippen molar-refractivity contribution in [2.24, 2.45) is 11.3 Å². The molecule has 1 unspecified atom stereocenters. The Labute approximate surface area is 88.1 Å². The Morgan fingerprint density at radius 2 is 2.00 bits per heavy atom. The quantitative estimate of drug-likeness (QED) is 0.657. The maximum Gasteiger partial charge on any atom is 0.248 e. The van der Waals surface area contributed by atoms with Crippen molar-refractivity contribution in [3.05, 3.63) is 0 Å². The van der Waals surface area contributed by atoms with Crippen molar-refractivity contribution in [1.29, 1.82) is 0 Å². The second kappa shape index (κ2) is 4.02. The van der Waals surface area contributed by atoms with Gasteiger partial charge in [-0.3, -0.25) is 4.79 Å². The summed E-state index contributed by atoms with van der Waals surface area (Å²) in [4.78, 5) is 11.9. The van der Waals surface area contributed by atoms with E-state index in [1.165, 1.54) is 0 Å². The summed E-state index contributed by atoms with van der Waals surface area (Å²) >= 11 is 0. The summed E-state index contributed by atoms with van der Waals surface area (Å²) in [5, 5.41) is 1.59. The Morgan fingerprint density at radius 1 is 1.43 bits per heavy atom. The third kappa shape index (κ3) is 2.57. The van der Waals surface area contributed by atoms with Crippen LogP contribution in [0.25, 0.3) is 0 Å². The smallest absolute Gasteiger partial charge is 0.248 e. The summed E-state index contributed by atoms with van der Waals surface area (Å²) < 4.78 is 5.57. The molecule has 0 N–H and O–H groups in total. The molecule has 14 heavy (non-hydrogen) atoms. The summed E-state index contributed by atoms with van der Waals surface area (Å²) in [7, 11) is -1.14. The first-order chi connectivity index (χ1) is 6.32. The van der Waals surface area contributed by atoms with Gasteiger partial charge in [0.2, 0.25) is 14.9 Å². The minimum Gasteiger partial charge on any atom is -0.322 e. The summed E-state index contributed by atoms with van der Waals surface area (Å²) in [5.74, 6) is 0.314.